The van der Waals surface area contributed by atoms with E-state index in [9.17, 15) is 9.59 Å². The first-order valence-electron chi connectivity index (χ1n) is 8.92. The fourth-order valence-corrected chi connectivity index (χ4v) is 3.81. The second kappa shape index (κ2) is 11.4. The van der Waals surface area contributed by atoms with Crippen molar-refractivity contribution < 1.29 is 9.59 Å². The molecule has 0 radical (unpaired) electrons. The number of nitrogens with one attached hydrogen (secondary N) is 2. The first-order valence-corrected chi connectivity index (χ1v) is 10.5. The summed E-state index contributed by atoms with van der Waals surface area (Å²) < 4.78 is 0. The zero-order chi connectivity index (χ0) is 19.5. The van der Waals surface area contributed by atoms with E-state index in [0.717, 1.165) is 22.6 Å². The number of thiophene rings is 2. The molecule has 0 fully saturated rings. The van der Waals surface area contributed by atoms with Crippen molar-refractivity contribution in [3.05, 3.63) is 43.8 Å². The minimum Gasteiger partial charge on any atom is -0.273 e. The summed E-state index contributed by atoms with van der Waals surface area (Å²) >= 11 is 3.30. The molecule has 0 aromatic carbocycles. The van der Waals surface area contributed by atoms with Gasteiger partial charge in [0, 0.05) is 32.4 Å². The van der Waals surface area contributed by atoms with E-state index in [1.807, 2.05) is 12.1 Å². The molecule has 2 N–H and O–H groups in total. The van der Waals surface area contributed by atoms with Gasteiger partial charge in [0.1, 0.15) is 0 Å². The lowest BCUT2D eigenvalue weighted by molar-refractivity contribution is -0.122. The van der Waals surface area contributed by atoms with E-state index in [4.69, 9.17) is 0 Å². The van der Waals surface area contributed by atoms with Gasteiger partial charge in [-0.15, -0.1) is 22.7 Å². The maximum atomic E-state index is 11.7. The molecule has 0 saturated heterocycles. The predicted molar refractivity (Wildman–Crippen MR) is 113 cm³/mol. The van der Waals surface area contributed by atoms with Crippen LogP contribution in [0, 0.1) is 0 Å². The number of hydrogen-bond donors (Lipinski definition) is 2. The van der Waals surface area contributed by atoms with Crippen LogP contribution < -0.4 is 10.9 Å². The average molecular weight is 405 g/mol. The summed E-state index contributed by atoms with van der Waals surface area (Å²) in [6.07, 6.45) is 6.18. The van der Waals surface area contributed by atoms with Crippen molar-refractivity contribution in [3.63, 3.8) is 0 Å². The summed E-state index contributed by atoms with van der Waals surface area (Å²) in [6.45, 7) is 4.20. The first kappa shape index (κ1) is 21.0. The molecule has 2 amide bonds. The van der Waals surface area contributed by atoms with E-state index in [-0.39, 0.29) is 24.7 Å². The second-order valence-electron chi connectivity index (χ2n) is 5.76. The topological polar surface area (TPSA) is 82.9 Å². The maximum Gasteiger partial charge on any atom is 0.240 e. The van der Waals surface area contributed by atoms with Crippen molar-refractivity contribution in [2.75, 3.05) is 0 Å². The van der Waals surface area contributed by atoms with Crippen molar-refractivity contribution in [2.45, 2.75) is 46.0 Å². The van der Waals surface area contributed by atoms with Gasteiger partial charge in [-0.3, -0.25) is 9.59 Å². The predicted octanol–water partition coefficient (Wildman–Crippen LogP) is 3.71. The van der Waals surface area contributed by atoms with E-state index in [0.29, 0.717) is 6.42 Å². The molecule has 0 aliphatic carbocycles. The van der Waals surface area contributed by atoms with Crippen LogP contribution in [0.15, 0.2) is 34.5 Å². The van der Waals surface area contributed by atoms with E-state index >= 15 is 0 Å². The SMILES string of the molecule is CCc1ccc(/C=N/NC(=O)CCCC(=O)N/N=C/c2ccc(CC)s2)s1. The fourth-order valence-electron chi connectivity index (χ4n) is 2.16. The third kappa shape index (κ3) is 7.84. The van der Waals surface area contributed by atoms with Gasteiger partial charge in [0.15, 0.2) is 0 Å². The number of hydrogen-bond acceptors (Lipinski definition) is 6. The molecule has 0 spiro atoms. The van der Waals surface area contributed by atoms with Crippen LogP contribution in [0.1, 0.15) is 52.6 Å². The van der Waals surface area contributed by atoms with Crippen LogP contribution in [0.4, 0.5) is 0 Å². The highest BCUT2D eigenvalue weighted by atomic mass is 32.1. The molecule has 2 heterocycles. The van der Waals surface area contributed by atoms with Gasteiger partial charge in [0.2, 0.25) is 11.8 Å². The average Bonchev–Trinajstić information content (AvgIpc) is 3.31. The van der Waals surface area contributed by atoms with Crippen LogP contribution in [-0.4, -0.2) is 24.2 Å². The van der Waals surface area contributed by atoms with Gasteiger partial charge in [-0.25, -0.2) is 10.9 Å². The molecule has 0 atom stereocenters. The molecule has 0 bridgehead atoms. The summed E-state index contributed by atoms with van der Waals surface area (Å²) in [5.74, 6) is -0.416. The lowest BCUT2D eigenvalue weighted by Crippen LogP contribution is -2.20. The van der Waals surface area contributed by atoms with E-state index in [1.54, 1.807) is 35.1 Å². The molecular weight excluding hydrogens is 380 g/mol. The minimum atomic E-state index is -0.208. The Morgan fingerprint density at radius 1 is 0.852 bits per heavy atom. The van der Waals surface area contributed by atoms with Crippen LogP contribution in [-0.2, 0) is 22.4 Å². The van der Waals surface area contributed by atoms with Crippen LogP contribution in [0.25, 0.3) is 0 Å². The number of carbonyl (C=O) groups excluding carboxylic acids is 2. The van der Waals surface area contributed by atoms with Gasteiger partial charge in [-0.2, -0.15) is 10.2 Å². The summed E-state index contributed by atoms with van der Waals surface area (Å²) in [4.78, 5) is 28.0. The normalized spacial score (nSPS) is 11.3. The summed E-state index contributed by atoms with van der Waals surface area (Å²) in [7, 11) is 0. The Balaban J connectivity index is 1.60. The zero-order valence-electron chi connectivity index (χ0n) is 15.5. The van der Waals surface area contributed by atoms with Gasteiger partial charge in [0.05, 0.1) is 12.4 Å². The van der Waals surface area contributed by atoms with Crippen molar-refractivity contribution in [3.8, 4) is 0 Å². The molecule has 2 aromatic rings. The number of hydrazone groups is 2. The Morgan fingerprint density at radius 2 is 1.30 bits per heavy atom. The van der Waals surface area contributed by atoms with E-state index in [2.05, 4.69) is 47.0 Å². The Bertz CT molecular complexity index is 742. The molecule has 144 valence electrons. The summed E-state index contributed by atoms with van der Waals surface area (Å²) in [6, 6.07) is 8.05. The minimum absolute atomic E-state index is 0.208. The van der Waals surface area contributed by atoms with Gasteiger partial charge in [-0.05, 0) is 43.5 Å². The number of amides is 2. The highest BCUT2D eigenvalue weighted by molar-refractivity contribution is 7.14. The van der Waals surface area contributed by atoms with Crippen LogP contribution in [0.5, 0.6) is 0 Å². The third-order valence-electron chi connectivity index (χ3n) is 3.63. The van der Waals surface area contributed by atoms with Gasteiger partial charge < -0.3 is 0 Å². The molecule has 2 rings (SSSR count). The second-order valence-corrected chi connectivity index (χ2v) is 8.15. The standard InChI is InChI=1S/C19H24N4O2S2/c1-3-14-8-10-16(26-14)12-20-22-18(24)6-5-7-19(25)23-21-13-17-11-9-15(4-2)27-17/h8-13H,3-7H2,1-2H3,(H,22,24)(H,23,25)/b20-12+,21-13+. The van der Waals surface area contributed by atoms with Gasteiger partial charge in [-0.1, -0.05) is 13.8 Å². The summed E-state index contributed by atoms with van der Waals surface area (Å²) in [5, 5.41) is 7.88. The molecule has 8 heteroatoms. The molecule has 0 aliphatic rings. The van der Waals surface area contributed by atoms with Crippen molar-refractivity contribution in [1.29, 1.82) is 0 Å². The molecule has 6 nitrogen and oxygen atoms in total. The number of carbonyl (C=O) groups is 2. The first-order chi connectivity index (χ1) is 13.1. The van der Waals surface area contributed by atoms with Crippen LogP contribution in [0.2, 0.25) is 0 Å². The number of rotatable bonds is 10. The molecule has 0 saturated carbocycles. The van der Waals surface area contributed by atoms with Crippen molar-refractivity contribution in [1.82, 2.24) is 10.9 Å². The largest absolute Gasteiger partial charge is 0.273 e. The Kier molecular flexibility index (Phi) is 8.86. The Morgan fingerprint density at radius 3 is 1.67 bits per heavy atom. The number of nitrogens with zero attached hydrogens (tertiary/aromatic N) is 2. The van der Waals surface area contributed by atoms with Crippen LogP contribution in [0.3, 0.4) is 0 Å². The van der Waals surface area contributed by atoms with Crippen molar-refractivity contribution >= 4 is 46.9 Å². The highest BCUT2D eigenvalue weighted by Crippen LogP contribution is 2.15. The fraction of sp³-hybridized carbons (Fsp3) is 0.368. The lowest BCUT2D eigenvalue weighted by atomic mass is 10.2. The van der Waals surface area contributed by atoms with E-state index in [1.165, 1.54) is 9.75 Å². The number of aryl methyl sites for hydroxylation is 2. The lowest BCUT2D eigenvalue weighted by Gasteiger charge is -2.00. The zero-order valence-corrected chi connectivity index (χ0v) is 17.2. The summed E-state index contributed by atoms with van der Waals surface area (Å²) in [5.41, 5.74) is 4.96. The Labute approximate surface area is 167 Å². The molecule has 0 unspecified atom stereocenters. The van der Waals surface area contributed by atoms with Crippen molar-refractivity contribution in [2.24, 2.45) is 10.2 Å². The molecule has 0 aliphatic heterocycles. The van der Waals surface area contributed by atoms with E-state index < -0.39 is 0 Å². The monoisotopic (exact) mass is 404 g/mol. The molecule has 27 heavy (non-hydrogen) atoms. The molecule has 2 aromatic heterocycles. The molecular formula is C19H24N4O2S2. The third-order valence-corrected chi connectivity index (χ3v) is 5.96. The van der Waals surface area contributed by atoms with Crippen LogP contribution >= 0.6 is 22.7 Å². The quantitative estimate of drug-likeness (QED) is 0.467. The van der Waals surface area contributed by atoms with Gasteiger partial charge >= 0.3 is 0 Å². The Hall–Kier alpha value is -2.32. The smallest absolute Gasteiger partial charge is 0.240 e. The maximum absolute atomic E-state index is 11.7. The highest BCUT2D eigenvalue weighted by Gasteiger charge is 2.04. The van der Waals surface area contributed by atoms with Gasteiger partial charge in [0.25, 0.3) is 0 Å².